The zero-order chi connectivity index (χ0) is 22.7. The standard InChI is InChI=1S/C17H15F6N3O2.C2H6/c1-28-15(27)12-13(17(21,22)23)24-26-7-3-6-25(14(12)26)9-10-4-2-5-11(8-10)16(18,19)20;1-2/h2,4-5,8H,3,6-7,9H2,1H3;1-2H3. The summed E-state index contributed by atoms with van der Waals surface area (Å²) in [6.45, 7) is 4.29. The average Bonchev–Trinajstić information content (AvgIpc) is 3.10. The third-order valence-corrected chi connectivity index (χ3v) is 4.31. The van der Waals surface area contributed by atoms with Gasteiger partial charge in [-0.05, 0) is 24.1 Å². The highest BCUT2D eigenvalue weighted by molar-refractivity contribution is 5.96. The number of esters is 1. The largest absolute Gasteiger partial charge is 0.465 e. The van der Waals surface area contributed by atoms with Crippen LogP contribution in [0.25, 0.3) is 0 Å². The van der Waals surface area contributed by atoms with Crippen molar-refractivity contribution in [1.82, 2.24) is 9.78 Å². The normalized spacial score (nSPS) is 14.0. The molecule has 1 aliphatic rings. The summed E-state index contributed by atoms with van der Waals surface area (Å²) < 4.78 is 84.3. The molecule has 2 heterocycles. The molecule has 3 rings (SSSR count). The maximum atomic E-state index is 13.3. The number of fused-ring (bicyclic) bond motifs is 1. The van der Waals surface area contributed by atoms with Crippen molar-refractivity contribution in [3.05, 3.63) is 46.6 Å². The zero-order valence-electron chi connectivity index (χ0n) is 16.6. The van der Waals surface area contributed by atoms with Gasteiger partial charge in [0.15, 0.2) is 5.69 Å². The van der Waals surface area contributed by atoms with Crippen molar-refractivity contribution in [2.75, 3.05) is 18.6 Å². The van der Waals surface area contributed by atoms with E-state index in [4.69, 9.17) is 0 Å². The molecule has 0 aliphatic carbocycles. The third kappa shape index (κ3) is 4.88. The summed E-state index contributed by atoms with van der Waals surface area (Å²) >= 11 is 0. The molecule has 2 aromatic rings. The first kappa shape index (κ1) is 23.6. The minimum absolute atomic E-state index is 0.108. The Morgan fingerprint density at radius 3 is 2.33 bits per heavy atom. The summed E-state index contributed by atoms with van der Waals surface area (Å²) in [5.74, 6) is -1.31. The molecule has 0 unspecified atom stereocenters. The average molecular weight is 437 g/mol. The second kappa shape index (κ2) is 8.97. The monoisotopic (exact) mass is 437 g/mol. The molecule has 1 aromatic carbocycles. The van der Waals surface area contributed by atoms with Gasteiger partial charge in [0.2, 0.25) is 0 Å². The summed E-state index contributed by atoms with van der Waals surface area (Å²) in [4.78, 5) is 13.5. The van der Waals surface area contributed by atoms with Crippen molar-refractivity contribution in [3.8, 4) is 0 Å². The first-order valence-corrected chi connectivity index (χ1v) is 9.19. The number of hydrogen-bond acceptors (Lipinski definition) is 4. The van der Waals surface area contributed by atoms with Gasteiger partial charge in [-0.15, -0.1) is 0 Å². The van der Waals surface area contributed by atoms with E-state index in [-0.39, 0.29) is 31.0 Å². The molecule has 30 heavy (non-hydrogen) atoms. The van der Waals surface area contributed by atoms with E-state index in [0.29, 0.717) is 6.42 Å². The number of carbonyl (C=O) groups excluding carboxylic acids is 1. The van der Waals surface area contributed by atoms with Crippen molar-refractivity contribution >= 4 is 11.8 Å². The van der Waals surface area contributed by atoms with Crippen LogP contribution in [0.5, 0.6) is 0 Å². The van der Waals surface area contributed by atoms with Gasteiger partial charge in [-0.2, -0.15) is 31.4 Å². The highest BCUT2D eigenvalue weighted by Crippen LogP contribution is 2.38. The van der Waals surface area contributed by atoms with Crippen LogP contribution in [0.3, 0.4) is 0 Å². The van der Waals surface area contributed by atoms with Gasteiger partial charge in [-0.25, -0.2) is 9.48 Å². The number of alkyl halides is 6. The fraction of sp³-hybridized carbons (Fsp3) is 0.474. The highest BCUT2D eigenvalue weighted by atomic mass is 19.4. The first-order chi connectivity index (χ1) is 14.0. The van der Waals surface area contributed by atoms with Gasteiger partial charge < -0.3 is 9.64 Å². The Morgan fingerprint density at radius 1 is 1.10 bits per heavy atom. The number of nitrogens with zero attached hydrogens (tertiary/aromatic N) is 3. The van der Waals surface area contributed by atoms with Gasteiger partial charge in [-0.1, -0.05) is 26.0 Å². The van der Waals surface area contributed by atoms with E-state index in [0.717, 1.165) is 23.9 Å². The molecule has 1 aliphatic heterocycles. The number of aromatic nitrogens is 2. The van der Waals surface area contributed by atoms with E-state index in [1.807, 2.05) is 13.8 Å². The van der Waals surface area contributed by atoms with Crippen LogP contribution >= 0.6 is 0 Å². The molecule has 0 saturated carbocycles. The molecule has 0 spiro atoms. The number of benzene rings is 1. The molecule has 0 N–H and O–H groups in total. The molecule has 0 radical (unpaired) electrons. The number of halogens is 6. The molecule has 5 nitrogen and oxygen atoms in total. The molecular formula is C19H21F6N3O2. The third-order valence-electron chi connectivity index (χ3n) is 4.31. The van der Waals surface area contributed by atoms with Crippen molar-refractivity contribution in [2.24, 2.45) is 0 Å². The fourth-order valence-corrected chi connectivity index (χ4v) is 3.16. The number of rotatable bonds is 3. The lowest BCUT2D eigenvalue weighted by Gasteiger charge is -2.30. The van der Waals surface area contributed by atoms with Crippen LogP contribution in [-0.4, -0.2) is 29.4 Å². The molecule has 0 amide bonds. The van der Waals surface area contributed by atoms with Crippen LogP contribution in [0.15, 0.2) is 24.3 Å². The van der Waals surface area contributed by atoms with Gasteiger partial charge in [0, 0.05) is 19.6 Å². The lowest BCUT2D eigenvalue weighted by molar-refractivity contribution is -0.142. The van der Waals surface area contributed by atoms with E-state index in [2.05, 4.69) is 9.84 Å². The second-order valence-corrected chi connectivity index (χ2v) is 6.23. The Morgan fingerprint density at radius 2 is 1.77 bits per heavy atom. The number of carbonyl (C=O) groups is 1. The Labute approximate surface area is 169 Å². The van der Waals surface area contributed by atoms with E-state index in [1.165, 1.54) is 17.0 Å². The number of hydrogen-bond donors (Lipinski definition) is 0. The van der Waals surface area contributed by atoms with Crippen LogP contribution < -0.4 is 4.90 Å². The van der Waals surface area contributed by atoms with E-state index in [9.17, 15) is 31.1 Å². The fourth-order valence-electron chi connectivity index (χ4n) is 3.16. The summed E-state index contributed by atoms with van der Waals surface area (Å²) in [6.07, 6.45) is -9.00. The minimum Gasteiger partial charge on any atom is -0.465 e. The van der Waals surface area contributed by atoms with Gasteiger partial charge in [0.05, 0.1) is 12.7 Å². The highest BCUT2D eigenvalue weighted by Gasteiger charge is 2.44. The maximum absolute atomic E-state index is 13.3. The maximum Gasteiger partial charge on any atom is 0.436 e. The quantitative estimate of drug-likeness (QED) is 0.493. The van der Waals surface area contributed by atoms with E-state index >= 15 is 0 Å². The number of anilines is 1. The summed E-state index contributed by atoms with van der Waals surface area (Å²) in [7, 11) is 0.951. The molecule has 0 fully saturated rings. The Kier molecular flexibility index (Phi) is 7.04. The summed E-state index contributed by atoms with van der Waals surface area (Å²) in [6, 6.07) is 4.50. The predicted molar refractivity (Wildman–Crippen MR) is 97.0 cm³/mol. The Balaban J connectivity index is 0.00000155. The zero-order valence-corrected chi connectivity index (χ0v) is 16.6. The van der Waals surface area contributed by atoms with E-state index in [1.54, 1.807) is 0 Å². The van der Waals surface area contributed by atoms with Gasteiger partial charge >= 0.3 is 18.3 Å². The molecule has 166 valence electrons. The first-order valence-electron chi connectivity index (χ1n) is 9.19. The van der Waals surface area contributed by atoms with Gasteiger partial charge in [-0.3, -0.25) is 0 Å². The van der Waals surface area contributed by atoms with E-state index < -0.39 is 35.1 Å². The van der Waals surface area contributed by atoms with Crippen LogP contribution in [0.4, 0.5) is 32.2 Å². The Bertz CT molecular complexity index is 889. The molecule has 0 saturated heterocycles. The summed E-state index contributed by atoms with van der Waals surface area (Å²) in [5.41, 5.74) is -2.72. The van der Waals surface area contributed by atoms with Gasteiger partial charge in [0.25, 0.3) is 0 Å². The second-order valence-electron chi connectivity index (χ2n) is 6.23. The van der Waals surface area contributed by atoms with Crippen molar-refractivity contribution in [2.45, 2.75) is 45.7 Å². The molecular weight excluding hydrogens is 416 g/mol. The predicted octanol–water partition coefficient (Wildman–Crippen LogP) is 5.14. The van der Waals surface area contributed by atoms with Crippen LogP contribution in [0.2, 0.25) is 0 Å². The number of ether oxygens (including phenoxy) is 1. The van der Waals surface area contributed by atoms with Crippen LogP contribution in [0.1, 0.15) is 47.4 Å². The smallest absolute Gasteiger partial charge is 0.436 e. The van der Waals surface area contributed by atoms with Crippen molar-refractivity contribution in [1.29, 1.82) is 0 Å². The number of aryl methyl sites for hydroxylation is 1. The lowest BCUT2D eigenvalue weighted by Crippen LogP contribution is -2.33. The van der Waals surface area contributed by atoms with Crippen LogP contribution in [0, 0.1) is 0 Å². The summed E-state index contributed by atoms with van der Waals surface area (Å²) in [5, 5.41) is 3.51. The molecule has 11 heteroatoms. The molecule has 1 aromatic heterocycles. The Hall–Kier alpha value is -2.72. The molecule has 0 atom stereocenters. The lowest BCUT2D eigenvalue weighted by atomic mass is 10.1. The van der Waals surface area contributed by atoms with Crippen LogP contribution in [-0.2, 0) is 30.2 Å². The van der Waals surface area contributed by atoms with Crippen molar-refractivity contribution < 1.29 is 35.9 Å². The number of methoxy groups -OCH3 is 1. The van der Waals surface area contributed by atoms with Gasteiger partial charge in [0.1, 0.15) is 11.4 Å². The topological polar surface area (TPSA) is 47.4 Å². The SMILES string of the molecule is CC.COC(=O)c1c(C(F)(F)F)nn2c1N(Cc1cccc(C(F)(F)F)c1)CCC2. The van der Waals surface area contributed by atoms with Crippen molar-refractivity contribution in [3.63, 3.8) is 0 Å². The minimum atomic E-state index is -4.88. The molecule has 0 bridgehead atoms.